The van der Waals surface area contributed by atoms with Crippen molar-refractivity contribution in [2.45, 2.75) is 20.8 Å². The standard InChI is InChI=1S/C31H28BrN3O8/c1-5-42-25-15-19(14-23(32)27(25)43-16-26(36)33-24-12-17(2)6-7-18(24)3)13-22-28(37)34-31(40)35(29(22)38)21-10-8-20(9-11-21)30(39)41-4/h6-15H,5,16H2,1-4H3,(H,33,36)(H,34,37,40)/b22-13-. The summed E-state index contributed by atoms with van der Waals surface area (Å²) in [6.07, 6.45) is 1.31. The quantitative estimate of drug-likeness (QED) is 0.189. The summed E-state index contributed by atoms with van der Waals surface area (Å²) in [6.45, 7) is 5.54. The number of amides is 5. The zero-order valence-corrected chi connectivity index (χ0v) is 25.4. The lowest BCUT2D eigenvalue weighted by atomic mass is 10.1. The van der Waals surface area contributed by atoms with Crippen LogP contribution in [0.1, 0.15) is 34.0 Å². The third kappa shape index (κ3) is 7.09. The van der Waals surface area contributed by atoms with E-state index in [9.17, 15) is 24.0 Å². The summed E-state index contributed by atoms with van der Waals surface area (Å²) in [7, 11) is 1.23. The molecule has 3 aromatic carbocycles. The first-order chi connectivity index (χ1) is 20.5. The van der Waals surface area contributed by atoms with Crippen molar-refractivity contribution in [1.82, 2.24) is 5.32 Å². The number of carbonyl (C=O) groups is 5. The topological polar surface area (TPSA) is 140 Å². The number of halogens is 1. The number of hydrogen-bond acceptors (Lipinski definition) is 8. The molecular formula is C31H28BrN3O8. The molecule has 0 atom stereocenters. The molecule has 43 heavy (non-hydrogen) atoms. The molecule has 2 N–H and O–H groups in total. The maximum absolute atomic E-state index is 13.3. The molecule has 0 aromatic heterocycles. The molecule has 0 aliphatic carbocycles. The Kier molecular flexibility index (Phi) is 9.61. The van der Waals surface area contributed by atoms with Crippen LogP contribution in [0.5, 0.6) is 11.5 Å². The van der Waals surface area contributed by atoms with Crippen molar-refractivity contribution in [2.24, 2.45) is 0 Å². The number of anilines is 2. The third-order valence-electron chi connectivity index (χ3n) is 6.31. The van der Waals surface area contributed by atoms with Gasteiger partial charge < -0.3 is 19.5 Å². The Morgan fingerprint density at radius 3 is 2.40 bits per heavy atom. The number of barbiturate groups is 1. The third-order valence-corrected chi connectivity index (χ3v) is 6.89. The average molecular weight is 650 g/mol. The average Bonchev–Trinajstić information content (AvgIpc) is 2.96. The molecule has 3 aromatic rings. The number of carbonyl (C=O) groups excluding carboxylic acids is 5. The Labute approximate surface area is 255 Å². The van der Waals surface area contributed by atoms with Gasteiger partial charge in [0.15, 0.2) is 18.1 Å². The molecule has 1 fully saturated rings. The molecule has 222 valence electrons. The first-order valence-corrected chi connectivity index (χ1v) is 13.9. The normalized spacial score (nSPS) is 13.9. The molecule has 11 nitrogen and oxygen atoms in total. The number of urea groups is 1. The lowest BCUT2D eigenvalue weighted by Crippen LogP contribution is -2.54. The highest BCUT2D eigenvalue weighted by atomic mass is 79.9. The van der Waals surface area contributed by atoms with Crippen LogP contribution in [0.25, 0.3) is 6.08 Å². The van der Waals surface area contributed by atoms with E-state index in [1.54, 1.807) is 19.1 Å². The van der Waals surface area contributed by atoms with Crippen LogP contribution in [-0.2, 0) is 19.1 Å². The summed E-state index contributed by atoms with van der Waals surface area (Å²) >= 11 is 3.43. The molecule has 1 heterocycles. The van der Waals surface area contributed by atoms with Crippen LogP contribution in [0.2, 0.25) is 0 Å². The van der Waals surface area contributed by atoms with E-state index in [2.05, 4.69) is 31.3 Å². The number of nitrogens with one attached hydrogen (secondary N) is 2. The van der Waals surface area contributed by atoms with Crippen LogP contribution in [0.3, 0.4) is 0 Å². The minimum absolute atomic E-state index is 0.146. The number of rotatable bonds is 9. The van der Waals surface area contributed by atoms with Crippen molar-refractivity contribution < 1.29 is 38.2 Å². The molecule has 5 amide bonds. The van der Waals surface area contributed by atoms with E-state index >= 15 is 0 Å². The summed E-state index contributed by atoms with van der Waals surface area (Å²) in [5.74, 6) is -2.18. The number of benzene rings is 3. The van der Waals surface area contributed by atoms with Crippen LogP contribution in [0.4, 0.5) is 16.2 Å². The summed E-state index contributed by atoms with van der Waals surface area (Å²) < 4.78 is 16.6. The van der Waals surface area contributed by atoms with Crippen LogP contribution in [0.15, 0.2) is 64.6 Å². The smallest absolute Gasteiger partial charge is 0.337 e. The molecule has 12 heteroatoms. The first-order valence-electron chi connectivity index (χ1n) is 13.1. The number of esters is 1. The minimum Gasteiger partial charge on any atom is -0.490 e. The van der Waals surface area contributed by atoms with Gasteiger partial charge in [-0.15, -0.1) is 0 Å². The van der Waals surface area contributed by atoms with Crippen LogP contribution in [-0.4, -0.2) is 50.0 Å². The first kappa shape index (κ1) is 31.0. The predicted molar refractivity (Wildman–Crippen MR) is 162 cm³/mol. The lowest BCUT2D eigenvalue weighted by molar-refractivity contribution is -0.122. The summed E-state index contributed by atoms with van der Waals surface area (Å²) in [6, 6.07) is 13.5. The van der Waals surface area contributed by atoms with Gasteiger partial charge in [0.2, 0.25) is 0 Å². The maximum atomic E-state index is 13.3. The van der Waals surface area contributed by atoms with Crippen molar-refractivity contribution in [1.29, 1.82) is 0 Å². The maximum Gasteiger partial charge on any atom is 0.337 e. The molecule has 1 aliphatic rings. The molecule has 0 bridgehead atoms. The second kappa shape index (κ2) is 13.3. The van der Waals surface area contributed by atoms with Gasteiger partial charge in [0, 0.05) is 5.69 Å². The zero-order chi connectivity index (χ0) is 31.3. The van der Waals surface area contributed by atoms with E-state index in [0.717, 1.165) is 16.0 Å². The van der Waals surface area contributed by atoms with Crippen molar-refractivity contribution in [3.05, 3.63) is 86.9 Å². The molecule has 0 unspecified atom stereocenters. The van der Waals surface area contributed by atoms with E-state index in [-0.39, 0.29) is 47.4 Å². The van der Waals surface area contributed by atoms with Gasteiger partial charge in [-0.05, 0) is 102 Å². The Hall–Kier alpha value is -4.97. The Bertz CT molecular complexity index is 1650. The molecule has 0 radical (unpaired) electrons. The van der Waals surface area contributed by atoms with Crippen molar-refractivity contribution in [3.63, 3.8) is 0 Å². The van der Waals surface area contributed by atoms with E-state index in [1.807, 2.05) is 32.0 Å². The second-order valence-corrected chi connectivity index (χ2v) is 10.3. The predicted octanol–water partition coefficient (Wildman–Crippen LogP) is 4.94. The largest absolute Gasteiger partial charge is 0.490 e. The molecule has 0 saturated carbocycles. The number of nitrogens with zero attached hydrogens (tertiary/aromatic N) is 1. The van der Waals surface area contributed by atoms with E-state index < -0.39 is 23.8 Å². The summed E-state index contributed by atoms with van der Waals surface area (Å²) in [5, 5.41) is 4.99. The van der Waals surface area contributed by atoms with Crippen LogP contribution < -0.4 is 25.0 Å². The van der Waals surface area contributed by atoms with Gasteiger partial charge in [-0.25, -0.2) is 14.5 Å². The van der Waals surface area contributed by atoms with E-state index in [4.69, 9.17) is 9.47 Å². The van der Waals surface area contributed by atoms with E-state index in [0.29, 0.717) is 15.7 Å². The van der Waals surface area contributed by atoms with Gasteiger partial charge in [0.25, 0.3) is 17.7 Å². The molecule has 0 spiro atoms. The van der Waals surface area contributed by atoms with Crippen LogP contribution >= 0.6 is 15.9 Å². The Morgan fingerprint density at radius 1 is 1.00 bits per heavy atom. The number of aryl methyl sites for hydroxylation is 2. The number of ether oxygens (including phenoxy) is 3. The second-order valence-electron chi connectivity index (χ2n) is 9.41. The van der Waals surface area contributed by atoms with Crippen molar-refractivity contribution in [3.8, 4) is 11.5 Å². The van der Waals surface area contributed by atoms with Gasteiger partial charge >= 0.3 is 12.0 Å². The summed E-state index contributed by atoms with van der Waals surface area (Å²) in [4.78, 5) is 63.8. The van der Waals surface area contributed by atoms with E-state index in [1.165, 1.54) is 37.5 Å². The van der Waals surface area contributed by atoms with Gasteiger partial charge in [-0.2, -0.15) is 0 Å². The monoisotopic (exact) mass is 649 g/mol. The zero-order valence-electron chi connectivity index (χ0n) is 23.8. The van der Waals surface area contributed by atoms with Gasteiger partial charge in [0.1, 0.15) is 5.57 Å². The summed E-state index contributed by atoms with van der Waals surface area (Å²) in [5.41, 5.74) is 3.04. The van der Waals surface area contributed by atoms with Gasteiger partial charge in [-0.3, -0.25) is 19.7 Å². The number of imide groups is 2. The molecule has 4 rings (SSSR count). The minimum atomic E-state index is -0.933. The fourth-order valence-electron chi connectivity index (χ4n) is 4.19. The number of hydrogen-bond donors (Lipinski definition) is 2. The Morgan fingerprint density at radius 2 is 1.72 bits per heavy atom. The SMILES string of the molecule is CCOc1cc(/C=C2/C(=O)NC(=O)N(c3ccc(C(=O)OC)cc3)C2=O)cc(Br)c1OCC(=O)Nc1cc(C)ccc1C. The highest BCUT2D eigenvalue weighted by Crippen LogP contribution is 2.38. The molecule has 1 saturated heterocycles. The van der Waals surface area contributed by atoms with Gasteiger partial charge in [0.05, 0.1) is 29.4 Å². The molecular weight excluding hydrogens is 622 g/mol. The lowest BCUT2D eigenvalue weighted by Gasteiger charge is -2.26. The van der Waals surface area contributed by atoms with Crippen LogP contribution in [0, 0.1) is 13.8 Å². The van der Waals surface area contributed by atoms with Crippen molar-refractivity contribution in [2.75, 3.05) is 30.5 Å². The fourth-order valence-corrected chi connectivity index (χ4v) is 4.77. The molecule has 1 aliphatic heterocycles. The highest BCUT2D eigenvalue weighted by molar-refractivity contribution is 9.10. The van der Waals surface area contributed by atoms with Crippen molar-refractivity contribution >= 4 is 63.1 Å². The highest BCUT2D eigenvalue weighted by Gasteiger charge is 2.37. The Balaban J connectivity index is 1.58. The van der Waals surface area contributed by atoms with Gasteiger partial charge in [-0.1, -0.05) is 12.1 Å². The number of methoxy groups -OCH3 is 1. The fraction of sp³-hybridized carbons (Fsp3) is 0.194.